The van der Waals surface area contributed by atoms with Gasteiger partial charge in [-0.2, -0.15) is 0 Å². The minimum Gasteiger partial charge on any atom is -0.497 e. The predicted octanol–water partition coefficient (Wildman–Crippen LogP) is 8.53. The zero-order chi connectivity index (χ0) is 25.9. The van der Waals surface area contributed by atoms with Crippen LogP contribution in [0.1, 0.15) is 28.7 Å². The monoisotopic (exact) mass is 532 g/mol. The molecule has 0 saturated carbocycles. The van der Waals surface area contributed by atoms with E-state index in [1.54, 1.807) is 7.11 Å². The summed E-state index contributed by atoms with van der Waals surface area (Å²) >= 11 is 12.5. The molecule has 0 atom stereocenters. The van der Waals surface area contributed by atoms with Gasteiger partial charge in [-0.25, -0.2) is 0 Å². The van der Waals surface area contributed by atoms with Crippen LogP contribution in [0.5, 0.6) is 11.5 Å². The molecule has 0 heterocycles. The van der Waals surface area contributed by atoms with Crippen LogP contribution in [0, 0.1) is 0 Å². The first-order chi connectivity index (χ1) is 18.2. The first kappa shape index (κ1) is 26.8. The SMILES string of the molecule is COc1ccc(/C(=C(\CCCl)c2ccc(Cl)cc2)c2ccc(OCCOCc3ccccc3)cc2)cc1. The van der Waals surface area contributed by atoms with Crippen molar-refractivity contribution in [2.75, 3.05) is 26.2 Å². The van der Waals surface area contributed by atoms with Crippen LogP contribution in [-0.2, 0) is 11.3 Å². The highest BCUT2D eigenvalue weighted by atomic mass is 35.5. The summed E-state index contributed by atoms with van der Waals surface area (Å²) in [5, 5.41) is 0.703. The third-order valence-corrected chi connectivity index (χ3v) is 6.41. The number of allylic oxidation sites excluding steroid dienone is 1. The molecule has 0 aromatic heterocycles. The van der Waals surface area contributed by atoms with Crippen LogP contribution >= 0.6 is 23.2 Å². The largest absolute Gasteiger partial charge is 0.497 e. The number of methoxy groups -OCH3 is 1. The average molecular weight is 533 g/mol. The Balaban J connectivity index is 1.55. The van der Waals surface area contributed by atoms with E-state index in [4.69, 9.17) is 37.4 Å². The van der Waals surface area contributed by atoms with Crippen molar-refractivity contribution in [3.63, 3.8) is 0 Å². The van der Waals surface area contributed by atoms with E-state index in [0.29, 0.717) is 37.1 Å². The summed E-state index contributed by atoms with van der Waals surface area (Å²) in [7, 11) is 1.67. The van der Waals surface area contributed by atoms with Crippen LogP contribution in [0.25, 0.3) is 11.1 Å². The molecule has 0 saturated heterocycles. The summed E-state index contributed by atoms with van der Waals surface area (Å²) in [4.78, 5) is 0. The molecule has 4 aromatic carbocycles. The van der Waals surface area contributed by atoms with Gasteiger partial charge in [-0.1, -0.05) is 78.3 Å². The Hall–Kier alpha value is -3.24. The van der Waals surface area contributed by atoms with E-state index in [9.17, 15) is 0 Å². The number of hydrogen-bond donors (Lipinski definition) is 0. The van der Waals surface area contributed by atoms with Gasteiger partial charge in [0.15, 0.2) is 0 Å². The van der Waals surface area contributed by atoms with Crippen molar-refractivity contribution in [1.29, 1.82) is 0 Å². The lowest BCUT2D eigenvalue weighted by atomic mass is 9.88. The quantitative estimate of drug-likeness (QED) is 0.104. The van der Waals surface area contributed by atoms with E-state index in [1.807, 2.05) is 66.7 Å². The Morgan fingerprint density at radius 3 is 1.86 bits per heavy atom. The van der Waals surface area contributed by atoms with Crippen LogP contribution in [0.3, 0.4) is 0 Å². The van der Waals surface area contributed by atoms with Gasteiger partial charge in [-0.15, -0.1) is 11.6 Å². The van der Waals surface area contributed by atoms with E-state index in [1.165, 1.54) is 0 Å². The fraction of sp³-hybridized carbons (Fsp3) is 0.188. The van der Waals surface area contributed by atoms with Crippen molar-refractivity contribution in [2.45, 2.75) is 13.0 Å². The lowest BCUT2D eigenvalue weighted by Crippen LogP contribution is -2.06. The first-order valence-electron chi connectivity index (χ1n) is 12.2. The average Bonchev–Trinajstić information content (AvgIpc) is 2.95. The summed E-state index contributed by atoms with van der Waals surface area (Å²) in [6.07, 6.45) is 0.710. The molecule has 0 unspecified atom stereocenters. The highest BCUT2D eigenvalue weighted by molar-refractivity contribution is 6.30. The molecule has 0 fully saturated rings. The van der Waals surface area contributed by atoms with Crippen molar-refractivity contribution < 1.29 is 14.2 Å². The highest BCUT2D eigenvalue weighted by Gasteiger charge is 2.15. The standard InChI is InChI=1S/C32H30Cl2O3/c1-35-29-15-9-26(10-16-29)32(31(19-20-33)25-7-13-28(34)14-8-25)27-11-17-30(18-12-27)37-22-21-36-23-24-5-3-2-4-6-24/h2-18H,19-23H2,1H3/b32-31-. The first-order valence-corrected chi connectivity index (χ1v) is 13.1. The molecule has 5 heteroatoms. The Labute approximate surface area is 229 Å². The van der Waals surface area contributed by atoms with Crippen molar-refractivity contribution in [3.05, 3.63) is 130 Å². The highest BCUT2D eigenvalue weighted by Crippen LogP contribution is 2.36. The maximum Gasteiger partial charge on any atom is 0.119 e. The van der Waals surface area contributed by atoms with E-state index in [2.05, 4.69) is 36.4 Å². The molecule has 0 spiro atoms. The van der Waals surface area contributed by atoms with Crippen molar-refractivity contribution in [3.8, 4) is 11.5 Å². The molecular formula is C32H30Cl2O3. The molecule has 0 aliphatic rings. The molecule has 4 rings (SSSR count). The van der Waals surface area contributed by atoms with E-state index < -0.39 is 0 Å². The normalized spacial score (nSPS) is 11.6. The van der Waals surface area contributed by atoms with Crippen LogP contribution in [0.2, 0.25) is 5.02 Å². The molecular weight excluding hydrogens is 503 g/mol. The molecule has 0 radical (unpaired) electrons. The summed E-state index contributed by atoms with van der Waals surface area (Å²) in [6.45, 7) is 1.58. The number of alkyl halides is 1. The lowest BCUT2D eigenvalue weighted by Gasteiger charge is -2.18. The molecule has 0 aliphatic carbocycles. The second kappa shape index (κ2) is 13.9. The fourth-order valence-electron chi connectivity index (χ4n) is 4.13. The third-order valence-electron chi connectivity index (χ3n) is 5.97. The maximum atomic E-state index is 6.28. The molecule has 0 N–H and O–H groups in total. The zero-order valence-corrected chi connectivity index (χ0v) is 22.3. The molecule has 190 valence electrons. The van der Waals surface area contributed by atoms with Crippen LogP contribution in [0.4, 0.5) is 0 Å². The van der Waals surface area contributed by atoms with Gasteiger partial charge in [-0.05, 0) is 76.2 Å². The minimum atomic E-state index is 0.482. The van der Waals surface area contributed by atoms with Crippen molar-refractivity contribution in [1.82, 2.24) is 0 Å². The van der Waals surface area contributed by atoms with Crippen LogP contribution in [-0.4, -0.2) is 26.2 Å². The molecule has 4 aromatic rings. The van der Waals surface area contributed by atoms with Gasteiger partial charge >= 0.3 is 0 Å². The molecule has 37 heavy (non-hydrogen) atoms. The van der Waals surface area contributed by atoms with Gasteiger partial charge in [0, 0.05) is 10.9 Å². The van der Waals surface area contributed by atoms with Gasteiger partial charge in [0.05, 0.1) is 20.3 Å². The van der Waals surface area contributed by atoms with Gasteiger partial charge in [0.1, 0.15) is 18.1 Å². The topological polar surface area (TPSA) is 27.7 Å². The fourth-order valence-corrected chi connectivity index (χ4v) is 4.45. The lowest BCUT2D eigenvalue weighted by molar-refractivity contribution is 0.0889. The second-order valence-electron chi connectivity index (χ2n) is 8.44. The Morgan fingerprint density at radius 1 is 0.676 bits per heavy atom. The van der Waals surface area contributed by atoms with Gasteiger partial charge in [0.25, 0.3) is 0 Å². The number of halogens is 2. The van der Waals surface area contributed by atoms with Crippen LogP contribution in [0.15, 0.2) is 103 Å². The Kier molecular flexibility index (Phi) is 10.1. The van der Waals surface area contributed by atoms with Gasteiger partial charge in [-0.3, -0.25) is 0 Å². The smallest absolute Gasteiger partial charge is 0.119 e. The zero-order valence-electron chi connectivity index (χ0n) is 20.8. The van der Waals surface area contributed by atoms with Crippen molar-refractivity contribution >= 4 is 34.3 Å². The maximum absolute atomic E-state index is 6.28. The minimum absolute atomic E-state index is 0.482. The number of hydrogen-bond acceptors (Lipinski definition) is 3. The van der Waals surface area contributed by atoms with Gasteiger partial charge < -0.3 is 14.2 Å². The summed E-state index contributed by atoms with van der Waals surface area (Å²) < 4.78 is 17.0. The molecule has 0 aliphatic heterocycles. The number of ether oxygens (including phenoxy) is 3. The summed E-state index contributed by atoms with van der Waals surface area (Å²) in [6, 6.07) is 34.3. The summed E-state index contributed by atoms with van der Waals surface area (Å²) in [5.41, 5.74) is 6.67. The third kappa shape index (κ3) is 7.62. The molecule has 0 amide bonds. The second-order valence-corrected chi connectivity index (χ2v) is 9.25. The summed E-state index contributed by atoms with van der Waals surface area (Å²) in [5.74, 6) is 2.11. The Morgan fingerprint density at radius 2 is 1.27 bits per heavy atom. The Bertz CT molecular complexity index is 1270. The number of rotatable bonds is 12. The van der Waals surface area contributed by atoms with E-state index in [0.717, 1.165) is 44.9 Å². The van der Waals surface area contributed by atoms with E-state index >= 15 is 0 Å². The van der Waals surface area contributed by atoms with E-state index in [-0.39, 0.29) is 0 Å². The number of benzene rings is 4. The predicted molar refractivity (Wildman–Crippen MR) is 154 cm³/mol. The molecule has 0 bridgehead atoms. The van der Waals surface area contributed by atoms with Gasteiger partial charge in [0.2, 0.25) is 0 Å². The molecule has 3 nitrogen and oxygen atoms in total. The van der Waals surface area contributed by atoms with Crippen LogP contribution < -0.4 is 9.47 Å². The van der Waals surface area contributed by atoms with Crippen molar-refractivity contribution in [2.24, 2.45) is 0 Å².